The maximum Gasteiger partial charge on any atom is 0.326 e. The van der Waals surface area contributed by atoms with Gasteiger partial charge in [0, 0.05) is 17.1 Å². The quantitative estimate of drug-likeness (QED) is 0.868. The van der Waals surface area contributed by atoms with E-state index in [1.807, 2.05) is 24.3 Å². The first kappa shape index (κ1) is 14.0. The van der Waals surface area contributed by atoms with Gasteiger partial charge in [0.2, 0.25) is 5.91 Å². The van der Waals surface area contributed by atoms with Crippen molar-refractivity contribution in [2.24, 2.45) is 5.73 Å². The molecule has 6 heteroatoms. The van der Waals surface area contributed by atoms with Gasteiger partial charge >= 0.3 is 5.97 Å². The number of carbonyl (C=O) groups excluding carboxylic acids is 1. The van der Waals surface area contributed by atoms with Crippen LogP contribution < -0.4 is 5.73 Å². The lowest BCUT2D eigenvalue weighted by molar-refractivity contribution is -0.148. The molecule has 0 aliphatic carbocycles. The molecule has 1 saturated heterocycles. The summed E-state index contributed by atoms with van der Waals surface area (Å²) in [5.74, 6) is -1.19. The average Bonchev–Trinajstić information content (AvgIpc) is 2.74. The highest BCUT2D eigenvalue weighted by molar-refractivity contribution is 9.10. The normalized spacial score (nSPS) is 22.5. The molecule has 0 saturated carbocycles. The number of halogens is 1. The molecule has 1 fully saturated rings. The summed E-state index contributed by atoms with van der Waals surface area (Å²) < 4.78 is 0.846. The Bertz CT molecular complexity index is 506. The number of hydrogen-bond acceptors (Lipinski definition) is 3. The Hall–Kier alpha value is -1.40. The van der Waals surface area contributed by atoms with Crippen LogP contribution in [0.5, 0.6) is 0 Å². The standard InChI is InChI=1S/C13H15BrN2O3/c14-10-4-2-1-3-8(10)5-12(17)16-7-9(15)6-11(16)13(18)19/h1-4,9,11H,5-7,15H2,(H,18,19). The van der Waals surface area contributed by atoms with E-state index in [9.17, 15) is 9.59 Å². The molecule has 2 atom stereocenters. The van der Waals surface area contributed by atoms with Crippen molar-refractivity contribution in [1.82, 2.24) is 4.90 Å². The zero-order valence-corrected chi connectivity index (χ0v) is 11.8. The molecule has 0 bridgehead atoms. The van der Waals surface area contributed by atoms with Gasteiger partial charge in [-0.3, -0.25) is 4.79 Å². The smallest absolute Gasteiger partial charge is 0.326 e. The van der Waals surface area contributed by atoms with Gasteiger partial charge in [-0.25, -0.2) is 4.79 Å². The van der Waals surface area contributed by atoms with Gasteiger partial charge < -0.3 is 15.7 Å². The van der Waals surface area contributed by atoms with Gasteiger partial charge in [-0.05, 0) is 18.1 Å². The molecule has 0 radical (unpaired) electrons. The number of rotatable bonds is 3. The Labute approximate surface area is 119 Å². The van der Waals surface area contributed by atoms with Gasteiger partial charge in [0.1, 0.15) is 6.04 Å². The summed E-state index contributed by atoms with van der Waals surface area (Å²) in [6, 6.07) is 6.34. The second-order valence-corrected chi connectivity index (χ2v) is 5.52. The predicted molar refractivity (Wildman–Crippen MR) is 73.6 cm³/mol. The third-order valence-corrected chi connectivity index (χ3v) is 4.01. The topological polar surface area (TPSA) is 83.6 Å². The highest BCUT2D eigenvalue weighted by Crippen LogP contribution is 2.21. The van der Waals surface area contributed by atoms with Gasteiger partial charge in [-0.1, -0.05) is 34.1 Å². The van der Waals surface area contributed by atoms with Crippen LogP contribution in [0.2, 0.25) is 0 Å². The van der Waals surface area contributed by atoms with E-state index in [2.05, 4.69) is 15.9 Å². The minimum atomic E-state index is -0.992. The van der Waals surface area contributed by atoms with Crippen molar-refractivity contribution in [3.8, 4) is 0 Å². The van der Waals surface area contributed by atoms with E-state index in [1.54, 1.807) is 0 Å². The van der Waals surface area contributed by atoms with Gasteiger partial charge in [0.05, 0.1) is 6.42 Å². The van der Waals surface area contributed by atoms with Crippen LogP contribution in [0.3, 0.4) is 0 Å². The van der Waals surface area contributed by atoms with Gasteiger partial charge in [-0.15, -0.1) is 0 Å². The van der Waals surface area contributed by atoms with Gasteiger partial charge in [-0.2, -0.15) is 0 Å². The number of likely N-dealkylation sites (tertiary alicyclic amines) is 1. The average molecular weight is 327 g/mol. The molecule has 0 aromatic heterocycles. The van der Waals surface area contributed by atoms with Crippen molar-refractivity contribution in [3.05, 3.63) is 34.3 Å². The van der Waals surface area contributed by atoms with Crippen molar-refractivity contribution in [3.63, 3.8) is 0 Å². The van der Waals surface area contributed by atoms with Crippen LogP contribution in [-0.2, 0) is 16.0 Å². The zero-order chi connectivity index (χ0) is 14.0. The largest absolute Gasteiger partial charge is 0.480 e. The Morgan fingerprint density at radius 3 is 2.74 bits per heavy atom. The van der Waals surface area contributed by atoms with Gasteiger partial charge in [0.25, 0.3) is 0 Å². The number of carboxylic acid groups (broad SMARTS) is 1. The Morgan fingerprint density at radius 2 is 2.11 bits per heavy atom. The van der Waals surface area contributed by atoms with Crippen molar-refractivity contribution >= 4 is 27.8 Å². The number of nitrogens with zero attached hydrogens (tertiary/aromatic N) is 1. The van der Waals surface area contributed by atoms with Crippen molar-refractivity contribution in [1.29, 1.82) is 0 Å². The minimum absolute atomic E-state index is 0.178. The molecule has 5 nitrogen and oxygen atoms in total. The zero-order valence-electron chi connectivity index (χ0n) is 10.3. The van der Waals surface area contributed by atoms with Crippen LogP contribution in [-0.4, -0.2) is 40.5 Å². The lowest BCUT2D eigenvalue weighted by Crippen LogP contribution is -2.41. The second-order valence-electron chi connectivity index (χ2n) is 4.66. The molecular formula is C13H15BrN2O3. The molecule has 1 aliphatic rings. The number of amides is 1. The van der Waals surface area contributed by atoms with Crippen LogP contribution in [0.4, 0.5) is 0 Å². The van der Waals surface area contributed by atoms with Crippen LogP contribution in [0.25, 0.3) is 0 Å². The molecule has 0 spiro atoms. The summed E-state index contributed by atoms with van der Waals surface area (Å²) >= 11 is 3.38. The molecule has 1 aliphatic heterocycles. The van der Waals surface area contributed by atoms with Crippen LogP contribution in [0.15, 0.2) is 28.7 Å². The fourth-order valence-corrected chi connectivity index (χ4v) is 2.71. The first-order valence-corrected chi connectivity index (χ1v) is 6.79. The van der Waals surface area contributed by atoms with E-state index >= 15 is 0 Å². The highest BCUT2D eigenvalue weighted by Gasteiger charge is 2.37. The maximum atomic E-state index is 12.2. The van der Waals surface area contributed by atoms with Crippen LogP contribution >= 0.6 is 15.9 Å². The van der Waals surface area contributed by atoms with Crippen molar-refractivity contribution in [2.75, 3.05) is 6.54 Å². The number of hydrogen-bond donors (Lipinski definition) is 2. The molecule has 3 N–H and O–H groups in total. The Morgan fingerprint density at radius 1 is 1.42 bits per heavy atom. The molecule has 1 aromatic rings. The van der Waals surface area contributed by atoms with Crippen molar-refractivity contribution in [2.45, 2.75) is 24.9 Å². The lowest BCUT2D eigenvalue weighted by Gasteiger charge is -2.21. The van der Waals surface area contributed by atoms with Gasteiger partial charge in [0.15, 0.2) is 0 Å². The molecule has 1 amide bonds. The van der Waals surface area contributed by atoms with Crippen molar-refractivity contribution < 1.29 is 14.7 Å². The SMILES string of the molecule is NC1CC(C(=O)O)N(C(=O)Cc2ccccc2Br)C1. The fourth-order valence-electron chi connectivity index (χ4n) is 2.28. The molecule has 2 rings (SSSR count). The third-order valence-electron chi connectivity index (χ3n) is 3.24. The number of aliphatic carboxylic acids is 1. The first-order chi connectivity index (χ1) is 8.99. The van der Waals surface area contributed by atoms with E-state index in [4.69, 9.17) is 10.8 Å². The maximum absolute atomic E-state index is 12.2. The predicted octanol–water partition coefficient (Wildman–Crippen LogP) is 1.00. The molecule has 1 aromatic carbocycles. The monoisotopic (exact) mass is 326 g/mol. The van der Waals surface area contributed by atoms with E-state index < -0.39 is 12.0 Å². The number of carbonyl (C=O) groups is 2. The van der Waals surface area contributed by atoms with Crippen LogP contribution in [0, 0.1) is 0 Å². The van der Waals surface area contributed by atoms with Crippen LogP contribution in [0.1, 0.15) is 12.0 Å². The highest BCUT2D eigenvalue weighted by atomic mass is 79.9. The Balaban J connectivity index is 2.11. The molecular weight excluding hydrogens is 312 g/mol. The summed E-state index contributed by atoms with van der Waals surface area (Å²) in [7, 11) is 0. The van der Waals surface area contributed by atoms with E-state index in [0.717, 1.165) is 10.0 Å². The summed E-state index contributed by atoms with van der Waals surface area (Å²) in [5.41, 5.74) is 6.59. The minimum Gasteiger partial charge on any atom is -0.480 e. The molecule has 102 valence electrons. The number of carboxylic acids is 1. The summed E-state index contributed by atoms with van der Waals surface area (Å²) in [6.07, 6.45) is 0.495. The second kappa shape index (κ2) is 5.71. The Kier molecular flexibility index (Phi) is 4.21. The summed E-state index contributed by atoms with van der Waals surface area (Å²) in [4.78, 5) is 24.7. The number of nitrogens with two attached hydrogens (primary N) is 1. The fraction of sp³-hybridized carbons (Fsp3) is 0.385. The summed E-state index contributed by atoms with van der Waals surface area (Å²) in [6.45, 7) is 0.306. The van der Waals surface area contributed by atoms with E-state index in [0.29, 0.717) is 13.0 Å². The summed E-state index contributed by atoms with van der Waals surface area (Å²) in [5, 5.41) is 9.11. The molecule has 1 heterocycles. The third kappa shape index (κ3) is 3.13. The van der Waals surface area contributed by atoms with E-state index in [1.165, 1.54) is 4.90 Å². The first-order valence-electron chi connectivity index (χ1n) is 6.00. The number of benzene rings is 1. The molecule has 19 heavy (non-hydrogen) atoms. The van der Waals surface area contributed by atoms with E-state index in [-0.39, 0.29) is 18.4 Å². The molecule has 2 unspecified atom stereocenters. The lowest BCUT2D eigenvalue weighted by atomic mass is 10.1.